The summed E-state index contributed by atoms with van der Waals surface area (Å²) in [6.07, 6.45) is 1.42. The van der Waals surface area contributed by atoms with Gasteiger partial charge < -0.3 is 15.2 Å². The van der Waals surface area contributed by atoms with Gasteiger partial charge in [0.15, 0.2) is 9.84 Å². The van der Waals surface area contributed by atoms with Crippen molar-refractivity contribution in [2.24, 2.45) is 5.73 Å². The van der Waals surface area contributed by atoms with Crippen molar-refractivity contribution in [1.82, 2.24) is 0 Å². The molecule has 1 aromatic carbocycles. The van der Waals surface area contributed by atoms with Gasteiger partial charge in [-0.15, -0.1) is 0 Å². The molecule has 1 aromatic rings. The molecular weight excluding hydrogens is 282 g/mol. The van der Waals surface area contributed by atoms with Crippen LogP contribution < -0.4 is 10.5 Å². The van der Waals surface area contributed by atoms with Gasteiger partial charge in [-0.05, 0) is 31.2 Å². The molecule has 1 atom stereocenters. The second-order valence-electron chi connectivity index (χ2n) is 4.75. The van der Waals surface area contributed by atoms with Crippen molar-refractivity contribution in [2.45, 2.75) is 23.8 Å². The molecule has 7 heteroatoms. The number of hydrogen-bond donors (Lipinski definition) is 1. The molecule has 20 heavy (non-hydrogen) atoms. The summed E-state index contributed by atoms with van der Waals surface area (Å²) in [5.41, 5.74) is 4.67. The Bertz CT molecular complexity index is 563. The summed E-state index contributed by atoms with van der Waals surface area (Å²) in [4.78, 5) is 11.6. The Morgan fingerprint density at radius 1 is 1.30 bits per heavy atom. The fourth-order valence-corrected chi connectivity index (χ4v) is 2.13. The highest BCUT2D eigenvalue weighted by Crippen LogP contribution is 2.17. The monoisotopic (exact) mass is 301 g/mol. The van der Waals surface area contributed by atoms with Crippen molar-refractivity contribution < 1.29 is 22.7 Å². The Labute approximate surface area is 118 Å². The average Bonchev–Trinajstić information content (AvgIpc) is 2.37. The zero-order chi connectivity index (χ0) is 15.4. The number of ether oxygens (including phenoxy) is 2. The number of benzene rings is 1. The lowest BCUT2D eigenvalue weighted by Gasteiger charge is -2.21. The van der Waals surface area contributed by atoms with E-state index in [1.807, 2.05) is 0 Å². The normalized spacial score (nSPS) is 14.4. The Morgan fingerprint density at radius 2 is 1.85 bits per heavy atom. The quantitative estimate of drug-likeness (QED) is 0.779. The molecule has 0 heterocycles. The van der Waals surface area contributed by atoms with Crippen LogP contribution in [-0.4, -0.2) is 39.9 Å². The summed E-state index contributed by atoms with van der Waals surface area (Å²) in [5.74, 6) is 0.00610. The number of rotatable bonds is 6. The van der Waals surface area contributed by atoms with Crippen LogP contribution in [0.4, 0.5) is 0 Å². The Kier molecular flexibility index (Phi) is 5.13. The van der Waals surface area contributed by atoms with Crippen LogP contribution in [-0.2, 0) is 19.4 Å². The fourth-order valence-electron chi connectivity index (χ4n) is 1.50. The summed E-state index contributed by atoms with van der Waals surface area (Å²) in [5, 5.41) is 0. The lowest BCUT2D eigenvalue weighted by atomic mass is 10.0. The SMILES string of the molecule is COC(=O)C(C)(N)CCOc1ccc(S(C)(=O)=O)cc1. The van der Waals surface area contributed by atoms with Crippen molar-refractivity contribution in [3.05, 3.63) is 24.3 Å². The van der Waals surface area contributed by atoms with E-state index in [2.05, 4.69) is 4.74 Å². The van der Waals surface area contributed by atoms with Crippen molar-refractivity contribution in [3.8, 4) is 5.75 Å². The van der Waals surface area contributed by atoms with Crippen molar-refractivity contribution in [1.29, 1.82) is 0 Å². The molecule has 0 saturated carbocycles. The Balaban J connectivity index is 2.57. The van der Waals surface area contributed by atoms with Gasteiger partial charge in [0.25, 0.3) is 0 Å². The molecule has 1 unspecified atom stereocenters. The van der Waals surface area contributed by atoms with Crippen LogP contribution in [0.2, 0.25) is 0 Å². The van der Waals surface area contributed by atoms with E-state index in [1.54, 1.807) is 19.1 Å². The van der Waals surface area contributed by atoms with Gasteiger partial charge >= 0.3 is 5.97 Å². The predicted octanol–water partition coefficient (Wildman–Crippen LogP) is 0.749. The van der Waals surface area contributed by atoms with Gasteiger partial charge in [-0.3, -0.25) is 4.79 Å². The largest absolute Gasteiger partial charge is 0.494 e. The Morgan fingerprint density at radius 3 is 2.30 bits per heavy atom. The molecular formula is C13H19NO5S. The van der Waals surface area contributed by atoms with E-state index < -0.39 is 21.3 Å². The first kappa shape index (κ1) is 16.5. The van der Waals surface area contributed by atoms with Crippen molar-refractivity contribution >= 4 is 15.8 Å². The van der Waals surface area contributed by atoms with Gasteiger partial charge in [-0.1, -0.05) is 0 Å². The average molecular weight is 301 g/mol. The molecule has 2 N–H and O–H groups in total. The third-order valence-corrected chi connectivity index (χ3v) is 3.92. The van der Waals surface area contributed by atoms with E-state index in [1.165, 1.54) is 19.2 Å². The van der Waals surface area contributed by atoms with Crippen LogP contribution >= 0.6 is 0 Å². The maximum Gasteiger partial charge on any atom is 0.325 e. The molecule has 0 aliphatic carbocycles. The van der Waals surface area contributed by atoms with Crippen LogP contribution in [0.3, 0.4) is 0 Å². The van der Waals surface area contributed by atoms with Gasteiger partial charge in [0.2, 0.25) is 0 Å². The first-order chi connectivity index (χ1) is 9.16. The third kappa shape index (κ3) is 4.50. The smallest absolute Gasteiger partial charge is 0.325 e. The number of nitrogens with two attached hydrogens (primary N) is 1. The zero-order valence-electron chi connectivity index (χ0n) is 11.8. The van der Waals surface area contributed by atoms with Gasteiger partial charge in [0.1, 0.15) is 11.3 Å². The number of carbonyl (C=O) groups excluding carboxylic acids is 1. The van der Waals surface area contributed by atoms with Crippen LogP contribution in [0.15, 0.2) is 29.2 Å². The molecule has 0 aliphatic heterocycles. The summed E-state index contributed by atoms with van der Waals surface area (Å²) < 4.78 is 32.6. The first-order valence-electron chi connectivity index (χ1n) is 5.97. The predicted molar refractivity (Wildman–Crippen MR) is 74.3 cm³/mol. The molecule has 0 bridgehead atoms. The summed E-state index contributed by atoms with van der Waals surface area (Å²) in [6, 6.07) is 6.05. The summed E-state index contributed by atoms with van der Waals surface area (Å²) in [7, 11) is -1.94. The van der Waals surface area contributed by atoms with Gasteiger partial charge in [-0.2, -0.15) is 0 Å². The lowest BCUT2D eigenvalue weighted by Crippen LogP contribution is -2.46. The number of esters is 1. The van der Waals surface area contributed by atoms with Gasteiger partial charge in [-0.25, -0.2) is 8.42 Å². The molecule has 0 radical (unpaired) electrons. The van der Waals surface area contributed by atoms with E-state index in [0.717, 1.165) is 6.26 Å². The maximum atomic E-state index is 11.4. The second kappa shape index (κ2) is 6.23. The second-order valence-corrected chi connectivity index (χ2v) is 6.77. The van der Waals surface area contributed by atoms with Crippen LogP contribution in [0.25, 0.3) is 0 Å². The molecule has 6 nitrogen and oxygen atoms in total. The molecule has 0 saturated heterocycles. The molecule has 0 aromatic heterocycles. The zero-order valence-corrected chi connectivity index (χ0v) is 12.6. The third-order valence-electron chi connectivity index (χ3n) is 2.79. The van der Waals surface area contributed by atoms with Crippen LogP contribution in [0, 0.1) is 0 Å². The first-order valence-corrected chi connectivity index (χ1v) is 7.86. The van der Waals surface area contributed by atoms with E-state index in [-0.39, 0.29) is 17.9 Å². The van der Waals surface area contributed by atoms with E-state index in [4.69, 9.17) is 10.5 Å². The molecule has 0 fully saturated rings. The number of sulfone groups is 1. The number of hydrogen-bond acceptors (Lipinski definition) is 6. The lowest BCUT2D eigenvalue weighted by molar-refractivity contribution is -0.146. The standard InChI is InChI=1S/C13H19NO5S/c1-13(14,12(15)18-2)8-9-19-10-4-6-11(7-5-10)20(3,16)17/h4-7H,8-9,14H2,1-3H3. The van der Waals surface area contributed by atoms with Crippen molar-refractivity contribution in [3.63, 3.8) is 0 Å². The molecule has 0 spiro atoms. The molecule has 112 valence electrons. The highest BCUT2D eigenvalue weighted by molar-refractivity contribution is 7.90. The molecule has 0 aliphatic rings. The van der Waals surface area contributed by atoms with Crippen LogP contribution in [0.1, 0.15) is 13.3 Å². The fraction of sp³-hybridized carbons (Fsp3) is 0.462. The van der Waals surface area contributed by atoms with E-state index in [9.17, 15) is 13.2 Å². The number of carbonyl (C=O) groups is 1. The highest BCUT2D eigenvalue weighted by atomic mass is 32.2. The van der Waals surface area contributed by atoms with Crippen molar-refractivity contribution in [2.75, 3.05) is 20.0 Å². The number of methoxy groups -OCH3 is 1. The molecule has 0 amide bonds. The minimum atomic E-state index is -3.21. The van der Waals surface area contributed by atoms with Gasteiger partial charge in [0, 0.05) is 12.7 Å². The van der Waals surface area contributed by atoms with E-state index in [0.29, 0.717) is 5.75 Å². The topological polar surface area (TPSA) is 95.7 Å². The minimum absolute atomic E-state index is 0.223. The highest BCUT2D eigenvalue weighted by Gasteiger charge is 2.29. The maximum absolute atomic E-state index is 11.4. The minimum Gasteiger partial charge on any atom is -0.494 e. The van der Waals surface area contributed by atoms with Crippen LogP contribution in [0.5, 0.6) is 5.75 Å². The summed E-state index contributed by atoms with van der Waals surface area (Å²) >= 11 is 0. The Hall–Kier alpha value is -1.60. The van der Waals surface area contributed by atoms with E-state index >= 15 is 0 Å². The van der Waals surface area contributed by atoms with Gasteiger partial charge in [0.05, 0.1) is 18.6 Å². The molecule has 1 rings (SSSR count). The summed E-state index contributed by atoms with van der Waals surface area (Å²) in [6.45, 7) is 1.79.